The number of hydrogen-bond acceptors (Lipinski definition) is 3. The standard InChI is InChI=1S/C21H32N4O2/c1-15-12-16(2)14-25(13-15)11-3-10-22-20(26)17-4-6-18(7-5-17)23-21(27)24-19-8-9-19/h4-7,15-16,19H,3,8-14H2,1-2H3,(H,22,26)(H2,23,24,27). The zero-order valence-electron chi connectivity index (χ0n) is 16.5. The van der Waals surface area contributed by atoms with Crippen molar-refractivity contribution in [1.29, 1.82) is 0 Å². The minimum absolute atomic E-state index is 0.0654. The van der Waals surface area contributed by atoms with Gasteiger partial charge in [-0.2, -0.15) is 0 Å². The van der Waals surface area contributed by atoms with E-state index in [1.807, 2.05) is 0 Å². The van der Waals surface area contributed by atoms with Crippen molar-refractivity contribution in [3.8, 4) is 0 Å². The van der Waals surface area contributed by atoms with Gasteiger partial charge in [0.05, 0.1) is 0 Å². The third kappa shape index (κ3) is 6.54. The highest BCUT2D eigenvalue weighted by Crippen LogP contribution is 2.21. The summed E-state index contributed by atoms with van der Waals surface area (Å²) in [4.78, 5) is 26.5. The molecule has 1 saturated heterocycles. The molecule has 0 spiro atoms. The first-order valence-electron chi connectivity index (χ1n) is 10.2. The third-order valence-corrected chi connectivity index (χ3v) is 5.20. The van der Waals surface area contributed by atoms with Crippen LogP contribution in [0.4, 0.5) is 10.5 Å². The van der Waals surface area contributed by atoms with E-state index in [0.717, 1.165) is 37.6 Å². The van der Waals surface area contributed by atoms with Crippen molar-refractivity contribution in [1.82, 2.24) is 15.5 Å². The lowest BCUT2D eigenvalue weighted by Gasteiger charge is -2.34. The van der Waals surface area contributed by atoms with Crippen LogP contribution in [0.25, 0.3) is 0 Å². The van der Waals surface area contributed by atoms with Crippen molar-refractivity contribution in [3.05, 3.63) is 29.8 Å². The minimum atomic E-state index is -0.184. The van der Waals surface area contributed by atoms with E-state index in [-0.39, 0.29) is 11.9 Å². The normalized spacial score (nSPS) is 22.9. The van der Waals surface area contributed by atoms with Crippen LogP contribution in [0.1, 0.15) is 49.9 Å². The van der Waals surface area contributed by atoms with Gasteiger partial charge in [0, 0.05) is 36.9 Å². The maximum atomic E-state index is 12.3. The van der Waals surface area contributed by atoms with Crippen LogP contribution in [0.3, 0.4) is 0 Å². The molecule has 0 bridgehead atoms. The van der Waals surface area contributed by atoms with Crippen molar-refractivity contribution in [2.75, 3.05) is 31.5 Å². The molecule has 6 heteroatoms. The molecule has 3 rings (SSSR count). The number of urea groups is 1. The van der Waals surface area contributed by atoms with Gasteiger partial charge in [-0.3, -0.25) is 4.79 Å². The number of hydrogen-bond donors (Lipinski definition) is 3. The van der Waals surface area contributed by atoms with E-state index in [4.69, 9.17) is 0 Å². The molecular weight excluding hydrogens is 340 g/mol. The lowest BCUT2D eigenvalue weighted by Crippen LogP contribution is -2.40. The molecule has 0 aromatic heterocycles. The van der Waals surface area contributed by atoms with Crippen molar-refractivity contribution in [2.24, 2.45) is 11.8 Å². The maximum Gasteiger partial charge on any atom is 0.319 e. The summed E-state index contributed by atoms with van der Waals surface area (Å²) in [5.74, 6) is 1.47. The predicted octanol–water partition coefficient (Wildman–Crippen LogP) is 3.07. The number of nitrogens with zero attached hydrogens (tertiary/aromatic N) is 1. The van der Waals surface area contributed by atoms with Gasteiger partial charge in [-0.25, -0.2) is 4.79 Å². The number of amides is 3. The first-order valence-corrected chi connectivity index (χ1v) is 10.2. The first kappa shape index (κ1) is 19.7. The summed E-state index contributed by atoms with van der Waals surface area (Å²) < 4.78 is 0. The van der Waals surface area contributed by atoms with Crippen LogP contribution in [-0.4, -0.2) is 49.1 Å². The Bertz CT molecular complexity index is 632. The molecule has 2 unspecified atom stereocenters. The Morgan fingerprint density at radius 1 is 1.07 bits per heavy atom. The largest absolute Gasteiger partial charge is 0.352 e. The Balaban J connectivity index is 1.35. The van der Waals surface area contributed by atoms with E-state index in [1.165, 1.54) is 19.5 Å². The Morgan fingerprint density at radius 2 is 1.74 bits per heavy atom. The summed E-state index contributed by atoms with van der Waals surface area (Å²) in [7, 11) is 0. The summed E-state index contributed by atoms with van der Waals surface area (Å²) in [5, 5.41) is 8.65. The highest BCUT2D eigenvalue weighted by atomic mass is 16.2. The van der Waals surface area contributed by atoms with E-state index in [9.17, 15) is 9.59 Å². The summed E-state index contributed by atoms with van der Waals surface area (Å²) in [6.45, 7) is 8.69. The monoisotopic (exact) mass is 372 g/mol. The van der Waals surface area contributed by atoms with Crippen molar-refractivity contribution >= 4 is 17.6 Å². The molecule has 2 aliphatic rings. The Morgan fingerprint density at radius 3 is 2.37 bits per heavy atom. The molecule has 1 aromatic rings. The van der Waals surface area contributed by atoms with Gasteiger partial charge in [0.15, 0.2) is 0 Å². The second-order valence-electron chi connectivity index (χ2n) is 8.27. The molecule has 27 heavy (non-hydrogen) atoms. The van der Waals surface area contributed by atoms with Crippen LogP contribution in [0.2, 0.25) is 0 Å². The van der Waals surface area contributed by atoms with E-state index in [2.05, 4.69) is 34.7 Å². The average Bonchev–Trinajstić information content (AvgIpc) is 3.42. The van der Waals surface area contributed by atoms with Gasteiger partial charge in [0.25, 0.3) is 5.91 Å². The van der Waals surface area contributed by atoms with Gasteiger partial charge in [-0.1, -0.05) is 13.8 Å². The molecule has 3 N–H and O–H groups in total. The quantitative estimate of drug-likeness (QED) is 0.644. The SMILES string of the molecule is CC1CC(C)CN(CCCNC(=O)c2ccc(NC(=O)NC3CC3)cc2)C1. The second-order valence-corrected chi connectivity index (χ2v) is 8.27. The zero-order chi connectivity index (χ0) is 19.2. The number of benzene rings is 1. The van der Waals surface area contributed by atoms with Gasteiger partial charge in [0.1, 0.15) is 0 Å². The summed E-state index contributed by atoms with van der Waals surface area (Å²) >= 11 is 0. The number of carbonyl (C=O) groups excluding carboxylic acids is 2. The number of anilines is 1. The molecule has 1 aliphatic heterocycles. The van der Waals surface area contributed by atoms with Crippen molar-refractivity contribution in [2.45, 2.75) is 45.6 Å². The summed E-state index contributed by atoms with van der Waals surface area (Å²) in [5.41, 5.74) is 1.31. The molecule has 0 radical (unpaired) electrons. The summed E-state index contributed by atoms with van der Waals surface area (Å²) in [6, 6.07) is 7.16. The number of likely N-dealkylation sites (tertiary alicyclic amines) is 1. The van der Waals surface area contributed by atoms with Gasteiger partial charge < -0.3 is 20.9 Å². The Labute approximate surface area is 162 Å². The fourth-order valence-electron chi connectivity index (χ4n) is 3.87. The van der Waals surface area contributed by atoms with E-state index in [0.29, 0.717) is 23.8 Å². The second kappa shape index (κ2) is 9.22. The van der Waals surface area contributed by atoms with Crippen LogP contribution >= 0.6 is 0 Å². The molecule has 1 saturated carbocycles. The number of carbonyl (C=O) groups is 2. The van der Waals surface area contributed by atoms with Crippen LogP contribution < -0.4 is 16.0 Å². The van der Waals surface area contributed by atoms with Gasteiger partial charge >= 0.3 is 6.03 Å². The fourth-order valence-corrected chi connectivity index (χ4v) is 3.87. The van der Waals surface area contributed by atoms with E-state index in [1.54, 1.807) is 24.3 Å². The predicted molar refractivity (Wildman–Crippen MR) is 108 cm³/mol. The molecule has 3 amide bonds. The van der Waals surface area contributed by atoms with Crippen LogP contribution in [-0.2, 0) is 0 Å². The van der Waals surface area contributed by atoms with Crippen LogP contribution in [0.5, 0.6) is 0 Å². The molecule has 1 heterocycles. The molecule has 2 fully saturated rings. The van der Waals surface area contributed by atoms with Gasteiger partial charge in [0.2, 0.25) is 0 Å². The van der Waals surface area contributed by atoms with E-state index >= 15 is 0 Å². The molecule has 1 aromatic carbocycles. The smallest absolute Gasteiger partial charge is 0.319 e. The average molecular weight is 373 g/mol. The molecule has 148 valence electrons. The lowest BCUT2D eigenvalue weighted by atomic mass is 9.92. The van der Waals surface area contributed by atoms with Crippen LogP contribution in [0.15, 0.2) is 24.3 Å². The number of piperidine rings is 1. The van der Waals surface area contributed by atoms with Crippen molar-refractivity contribution < 1.29 is 9.59 Å². The van der Waals surface area contributed by atoms with Gasteiger partial charge in [-0.15, -0.1) is 0 Å². The van der Waals surface area contributed by atoms with E-state index < -0.39 is 0 Å². The number of rotatable bonds is 7. The highest BCUT2D eigenvalue weighted by molar-refractivity contribution is 5.95. The highest BCUT2D eigenvalue weighted by Gasteiger charge is 2.23. The molecule has 1 aliphatic carbocycles. The van der Waals surface area contributed by atoms with Crippen molar-refractivity contribution in [3.63, 3.8) is 0 Å². The lowest BCUT2D eigenvalue weighted by molar-refractivity contribution is 0.0947. The third-order valence-electron chi connectivity index (χ3n) is 5.20. The maximum absolute atomic E-state index is 12.3. The Kier molecular flexibility index (Phi) is 6.72. The molecular formula is C21H32N4O2. The fraction of sp³-hybridized carbons (Fsp3) is 0.619. The van der Waals surface area contributed by atoms with Crippen LogP contribution in [0, 0.1) is 11.8 Å². The molecule has 6 nitrogen and oxygen atoms in total. The Hall–Kier alpha value is -2.08. The first-order chi connectivity index (χ1) is 13.0. The molecule has 2 atom stereocenters. The number of nitrogens with one attached hydrogen (secondary N) is 3. The topological polar surface area (TPSA) is 73.5 Å². The summed E-state index contributed by atoms with van der Waals surface area (Å²) in [6.07, 6.45) is 4.40. The zero-order valence-corrected chi connectivity index (χ0v) is 16.5. The minimum Gasteiger partial charge on any atom is -0.352 e. The van der Waals surface area contributed by atoms with Gasteiger partial charge in [-0.05, 0) is 68.3 Å².